The topological polar surface area (TPSA) is 66.9 Å². The van der Waals surface area contributed by atoms with E-state index in [0.29, 0.717) is 23.5 Å². The van der Waals surface area contributed by atoms with Crippen molar-refractivity contribution in [3.05, 3.63) is 59.4 Å². The van der Waals surface area contributed by atoms with Crippen molar-refractivity contribution < 1.29 is 22.3 Å². The standard InChI is InChI=1S/C20H23FN2O4S/c1-3-27-17-6-8-18(9-7-17)28(25,26)23-12-10-22(11-13-23)20(24)19-14-16(21)5-4-15(19)2/h4-9,14H,3,10-13H2,1-2H3. The van der Waals surface area contributed by atoms with Crippen LogP contribution >= 0.6 is 0 Å². The summed E-state index contributed by atoms with van der Waals surface area (Å²) < 4.78 is 45.9. The lowest BCUT2D eigenvalue weighted by Gasteiger charge is -2.34. The van der Waals surface area contributed by atoms with Crippen molar-refractivity contribution >= 4 is 15.9 Å². The normalized spacial score (nSPS) is 15.5. The first-order chi connectivity index (χ1) is 13.3. The van der Waals surface area contributed by atoms with Crippen LogP contribution in [0.3, 0.4) is 0 Å². The molecule has 1 aliphatic rings. The lowest BCUT2D eigenvalue weighted by Crippen LogP contribution is -2.50. The van der Waals surface area contributed by atoms with E-state index < -0.39 is 15.8 Å². The first-order valence-electron chi connectivity index (χ1n) is 9.11. The van der Waals surface area contributed by atoms with Crippen LogP contribution in [-0.2, 0) is 10.0 Å². The van der Waals surface area contributed by atoms with E-state index >= 15 is 0 Å². The molecule has 0 atom stereocenters. The first kappa shape index (κ1) is 20.3. The molecular weight excluding hydrogens is 383 g/mol. The summed E-state index contributed by atoms with van der Waals surface area (Å²) in [4.78, 5) is 14.4. The van der Waals surface area contributed by atoms with E-state index in [1.807, 2.05) is 6.92 Å². The lowest BCUT2D eigenvalue weighted by molar-refractivity contribution is 0.0696. The molecule has 2 aromatic carbocycles. The van der Waals surface area contributed by atoms with Crippen molar-refractivity contribution in [1.29, 1.82) is 0 Å². The van der Waals surface area contributed by atoms with Crippen LogP contribution < -0.4 is 4.74 Å². The monoisotopic (exact) mass is 406 g/mol. The zero-order valence-electron chi connectivity index (χ0n) is 15.9. The maximum Gasteiger partial charge on any atom is 0.254 e. The van der Waals surface area contributed by atoms with Crippen LogP contribution in [0.5, 0.6) is 5.75 Å². The molecule has 1 saturated heterocycles. The zero-order valence-corrected chi connectivity index (χ0v) is 16.7. The van der Waals surface area contributed by atoms with Crippen LogP contribution in [0, 0.1) is 12.7 Å². The number of halogens is 1. The molecule has 0 radical (unpaired) electrons. The minimum Gasteiger partial charge on any atom is -0.494 e. The van der Waals surface area contributed by atoms with Gasteiger partial charge in [0, 0.05) is 31.7 Å². The number of carbonyl (C=O) groups excluding carboxylic acids is 1. The molecule has 0 aromatic heterocycles. The maximum atomic E-state index is 13.5. The highest BCUT2D eigenvalue weighted by Gasteiger charge is 2.30. The van der Waals surface area contributed by atoms with Crippen molar-refractivity contribution in [2.45, 2.75) is 18.7 Å². The number of nitrogens with zero attached hydrogens (tertiary/aromatic N) is 2. The Hall–Kier alpha value is -2.45. The fourth-order valence-corrected chi connectivity index (χ4v) is 4.57. The Morgan fingerprint density at radius 2 is 1.71 bits per heavy atom. The van der Waals surface area contributed by atoms with Gasteiger partial charge in [0.2, 0.25) is 10.0 Å². The van der Waals surface area contributed by atoms with Crippen LogP contribution in [0.1, 0.15) is 22.8 Å². The summed E-state index contributed by atoms with van der Waals surface area (Å²) in [6, 6.07) is 10.4. The second-order valence-electron chi connectivity index (χ2n) is 6.56. The van der Waals surface area contributed by atoms with Crippen molar-refractivity contribution in [3.63, 3.8) is 0 Å². The number of aryl methyl sites for hydroxylation is 1. The smallest absolute Gasteiger partial charge is 0.254 e. The first-order valence-corrected chi connectivity index (χ1v) is 10.6. The van der Waals surface area contributed by atoms with Gasteiger partial charge in [0.1, 0.15) is 11.6 Å². The number of piperazine rings is 1. The fourth-order valence-electron chi connectivity index (χ4n) is 3.15. The molecule has 1 heterocycles. The largest absolute Gasteiger partial charge is 0.494 e. The predicted molar refractivity (Wildman–Crippen MR) is 103 cm³/mol. The van der Waals surface area contributed by atoms with E-state index in [4.69, 9.17) is 4.74 Å². The van der Waals surface area contributed by atoms with Crippen molar-refractivity contribution in [2.24, 2.45) is 0 Å². The van der Waals surface area contributed by atoms with E-state index in [-0.39, 0.29) is 37.0 Å². The number of carbonyl (C=O) groups is 1. The van der Waals surface area contributed by atoms with Crippen LogP contribution in [0.15, 0.2) is 47.4 Å². The molecule has 2 aromatic rings. The Balaban J connectivity index is 1.68. The van der Waals surface area contributed by atoms with Crippen LogP contribution in [0.25, 0.3) is 0 Å². The molecule has 0 spiro atoms. The quantitative estimate of drug-likeness (QED) is 0.766. The van der Waals surface area contributed by atoms with Gasteiger partial charge in [-0.1, -0.05) is 6.07 Å². The molecule has 0 N–H and O–H groups in total. The van der Waals surface area contributed by atoms with E-state index in [1.165, 1.54) is 28.6 Å². The zero-order chi connectivity index (χ0) is 20.3. The third-order valence-electron chi connectivity index (χ3n) is 4.73. The van der Waals surface area contributed by atoms with Gasteiger partial charge in [0.25, 0.3) is 5.91 Å². The molecule has 150 valence electrons. The molecule has 0 saturated carbocycles. The van der Waals surface area contributed by atoms with E-state index in [9.17, 15) is 17.6 Å². The SMILES string of the molecule is CCOc1ccc(S(=O)(=O)N2CCN(C(=O)c3cc(F)ccc3C)CC2)cc1. The number of rotatable bonds is 5. The van der Waals surface area contributed by atoms with E-state index in [0.717, 1.165) is 0 Å². The van der Waals surface area contributed by atoms with Gasteiger partial charge in [-0.2, -0.15) is 4.31 Å². The Morgan fingerprint density at radius 1 is 1.07 bits per heavy atom. The Kier molecular flexibility index (Phi) is 6.00. The van der Waals surface area contributed by atoms with Crippen LogP contribution in [-0.4, -0.2) is 56.3 Å². The number of amides is 1. The average molecular weight is 406 g/mol. The summed E-state index contributed by atoms with van der Waals surface area (Å²) in [5.41, 5.74) is 0.999. The third-order valence-corrected chi connectivity index (χ3v) is 6.64. The highest BCUT2D eigenvalue weighted by atomic mass is 32.2. The number of hydrogen-bond donors (Lipinski definition) is 0. The molecular formula is C20H23FN2O4S. The third kappa shape index (κ3) is 4.18. The van der Waals surface area contributed by atoms with Crippen molar-refractivity contribution in [2.75, 3.05) is 32.8 Å². The van der Waals surface area contributed by atoms with E-state index in [2.05, 4.69) is 0 Å². The summed E-state index contributed by atoms with van der Waals surface area (Å²) >= 11 is 0. The molecule has 1 amide bonds. The highest BCUT2D eigenvalue weighted by molar-refractivity contribution is 7.89. The molecule has 0 bridgehead atoms. The molecule has 6 nitrogen and oxygen atoms in total. The molecule has 28 heavy (non-hydrogen) atoms. The maximum absolute atomic E-state index is 13.5. The lowest BCUT2D eigenvalue weighted by atomic mass is 10.1. The summed E-state index contributed by atoms with van der Waals surface area (Å²) in [7, 11) is -3.64. The van der Waals surface area contributed by atoms with Crippen molar-refractivity contribution in [1.82, 2.24) is 9.21 Å². The van der Waals surface area contributed by atoms with Gasteiger partial charge in [-0.05, 0) is 55.8 Å². The predicted octanol–water partition coefficient (Wildman–Crippen LogP) is 2.68. The number of benzene rings is 2. The minimum absolute atomic E-state index is 0.190. The van der Waals surface area contributed by atoms with Gasteiger partial charge in [0.05, 0.1) is 11.5 Å². The van der Waals surface area contributed by atoms with Crippen LogP contribution in [0.4, 0.5) is 4.39 Å². The molecule has 1 aliphatic heterocycles. The van der Waals surface area contributed by atoms with Gasteiger partial charge in [-0.15, -0.1) is 0 Å². The second kappa shape index (κ2) is 8.28. The summed E-state index contributed by atoms with van der Waals surface area (Å²) in [5, 5.41) is 0. The van der Waals surface area contributed by atoms with Crippen molar-refractivity contribution in [3.8, 4) is 5.75 Å². The summed E-state index contributed by atoms with van der Waals surface area (Å²) in [6.45, 7) is 5.00. The Labute approximate surface area is 164 Å². The van der Waals surface area contributed by atoms with Gasteiger partial charge in [-0.3, -0.25) is 4.79 Å². The molecule has 0 aliphatic carbocycles. The summed E-state index contributed by atoms with van der Waals surface area (Å²) in [6.07, 6.45) is 0. The number of sulfonamides is 1. The summed E-state index contributed by atoms with van der Waals surface area (Å²) in [5.74, 6) is -0.136. The minimum atomic E-state index is -3.64. The van der Waals surface area contributed by atoms with Gasteiger partial charge >= 0.3 is 0 Å². The van der Waals surface area contributed by atoms with Gasteiger partial charge in [-0.25, -0.2) is 12.8 Å². The molecule has 8 heteroatoms. The molecule has 1 fully saturated rings. The number of ether oxygens (including phenoxy) is 1. The van der Waals surface area contributed by atoms with E-state index in [1.54, 1.807) is 30.0 Å². The van der Waals surface area contributed by atoms with Gasteiger partial charge < -0.3 is 9.64 Å². The van der Waals surface area contributed by atoms with Gasteiger partial charge in [0.15, 0.2) is 0 Å². The molecule has 3 rings (SSSR count). The fraction of sp³-hybridized carbons (Fsp3) is 0.350. The molecule has 0 unspecified atom stereocenters. The Bertz CT molecular complexity index is 953. The Morgan fingerprint density at radius 3 is 2.32 bits per heavy atom. The highest BCUT2D eigenvalue weighted by Crippen LogP contribution is 2.22. The second-order valence-corrected chi connectivity index (χ2v) is 8.50. The van der Waals surface area contributed by atoms with Crippen LogP contribution in [0.2, 0.25) is 0 Å². The number of hydrogen-bond acceptors (Lipinski definition) is 4. The average Bonchev–Trinajstić information content (AvgIpc) is 2.70.